The maximum absolute atomic E-state index is 13.2. The van der Waals surface area contributed by atoms with Crippen LogP contribution in [0.3, 0.4) is 0 Å². The van der Waals surface area contributed by atoms with Crippen LogP contribution in [0.25, 0.3) is 16.7 Å². The Hall–Kier alpha value is -3.74. The quantitative estimate of drug-likeness (QED) is 0.181. The van der Waals surface area contributed by atoms with Crippen molar-refractivity contribution in [1.29, 1.82) is 0 Å². The van der Waals surface area contributed by atoms with Crippen LogP contribution in [-0.4, -0.2) is 40.3 Å². The Morgan fingerprint density at radius 1 is 1.06 bits per heavy atom. The summed E-state index contributed by atoms with van der Waals surface area (Å²) in [5, 5.41) is 12.8. The highest BCUT2D eigenvalue weighted by Gasteiger charge is 2.46. The third-order valence-corrected chi connectivity index (χ3v) is 6.99. The van der Waals surface area contributed by atoms with Gasteiger partial charge in [-0.15, -0.1) is 0 Å². The number of hydrogen-bond donors (Lipinski definition) is 2. The van der Waals surface area contributed by atoms with E-state index in [0.717, 1.165) is 22.2 Å². The van der Waals surface area contributed by atoms with Gasteiger partial charge in [0.1, 0.15) is 11.5 Å². The van der Waals surface area contributed by atoms with Gasteiger partial charge in [0.25, 0.3) is 11.7 Å². The number of aliphatic hydroxyl groups is 1. The molecule has 1 aliphatic heterocycles. The fourth-order valence-corrected chi connectivity index (χ4v) is 5.15. The number of nitrogens with zero attached hydrogens (tertiary/aromatic N) is 1. The van der Waals surface area contributed by atoms with Crippen LogP contribution >= 0.6 is 23.2 Å². The number of benzene rings is 3. The van der Waals surface area contributed by atoms with Gasteiger partial charge in [0.2, 0.25) is 0 Å². The van der Waals surface area contributed by atoms with Gasteiger partial charge >= 0.3 is 0 Å². The van der Waals surface area contributed by atoms with Crippen molar-refractivity contribution in [3.05, 3.63) is 105 Å². The van der Waals surface area contributed by atoms with E-state index in [4.69, 9.17) is 27.9 Å². The first kappa shape index (κ1) is 24.0. The number of carbonyl (C=O) groups excluding carboxylic acids is 2. The van der Waals surface area contributed by atoms with Crippen LogP contribution in [0.5, 0.6) is 5.75 Å². The smallest absolute Gasteiger partial charge is 0.295 e. The van der Waals surface area contributed by atoms with E-state index in [-0.39, 0.29) is 28.5 Å². The average Bonchev–Trinajstić information content (AvgIpc) is 3.40. The molecule has 4 aromatic rings. The lowest BCUT2D eigenvalue weighted by Gasteiger charge is -2.25. The molecule has 0 unspecified atom stereocenters. The number of aromatic nitrogens is 1. The summed E-state index contributed by atoms with van der Waals surface area (Å²) in [4.78, 5) is 31.2. The number of amides is 1. The van der Waals surface area contributed by atoms with Gasteiger partial charge in [-0.1, -0.05) is 53.5 Å². The number of carbonyl (C=O) groups is 2. The third kappa shape index (κ3) is 4.23. The summed E-state index contributed by atoms with van der Waals surface area (Å²) in [6.45, 7) is 0.263. The first-order valence-corrected chi connectivity index (χ1v) is 12.1. The molecule has 1 aliphatic rings. The number of likely N-dealkylation sites (tertiary alicyclic amines) is 1. The van der Waals surface area contributed by atoms with Crippen LogP contribution in [-0.2, 0) is 16.0 Å². The predicted molar refractivity (Wildman–Crippen MR) is 140 cm³/mol. The van der Waals surface area contributed by atoms with E-state index in [1.54, 1.807) is 13.2 Å². The number of Topliss-reactive ketones (excluding diaryl/α,β-unsaturated/α-hetero) is 1. The number of H-pyrrole nitrogens is 1. The Bertz CT molecular complexity index is 1510. The van der Waals surface area contributed by atoms with Crippen LogP contribution in [0, 0.1) is 0 Å². The third-order valence-electron chi connectivity index (χ3n) is 6.44. The molecule has 2 N–H and O–H groups in total. The molecule has 5 rings (SSSR count). The van der Waals surface area contributed by atoms with Gasteiger partial charge in [-0.25, -0.2) is 0 Å². The molecule has 1 atom stereocenters. The monoisotopic (exact) mass is 520 g/mol. The van der Waals surface area contributed by atoms with Gasteiger partial charge in [-0.3, -0.25) is 9.59 Å². The van der Waals surface area contributed by atoms with Gasteiger partial charge in [-0.2, -0.15) is 0 Å². The summed E-state index contributed by atoms with van der Waals surface area (Å²) < 4.78 is 5.35. The van der Waals surface area contributed by atoms with Crippen molar-refractivity contribution in [3.63, 3.8) is 0 Å². The minimum Gasteiger partial charge on any atom is -0.507 e. The molecule has 0 saturated carbocycles. The molecule has 1 amide bonds. The largest absolute Gasteiger partial charge is 0.507 e. The molecule has 6 nitrogen and oxygen atoms in total. The lowest BCUT2D eigenvalue weighted by molar-refractivity contribution is -0.139. The number of rotatable bonds is 6. The molecule has 0 bridgehead atoms. The van der Waals surface area contributed by atoms with Gasteiger partial charge in [0.15, 0.2) is 0 Å². The molecule has 0 radical (unpaired) electrons. The lowest BCUT2D eigenvalue weighted by Crippen LogP contribution is -2.31. The maximum Gasteiger partial charge on any atom is 0.295 e. The summed E-state index contributed by atoms with van der Waals surface area (Å²) in [7, 11) is 1.61. The first-order valence-electron chi connectivity index (χ1n) is 11.3. The highest BCUT2D eigenvalue weighted by molar-refractivity contribution is 6.47. The number of fused-ring (bicyclic) bond motifs is 1. The number of aliphatic hydroxyl groups excluding tert-OH is 1. The minimum absolute atomic E-state index is 0.00369. The zero-order valence-electron chi connectivity index (χ0n) is 19.3. The Kier molecular flexibility index (Phi) is 6.48. The van der Waals surface area contributed by atoms with Gasteiger partial charge in [-0.05, 0) is 53.9 Å². The van der Waals surface area contributed by atoms with E-state index in [1.165, 1.54) is 17.0 Å². The number of halogens is 2. The second kappa shape index (κ2) is 9.72. The van der Waals surface area contributed by atoms with E-state index in [9.17, 15) is 14.7 Å². The summed E-state index contributed by atoms with van der Waals surface area (Å²) in [5.74, 6) is -1.03. The predicted octanol–water partition coefficient (Wildman–Crippen LogP) is 6.15. The summed E-state index contributed by atoms with van der Waals surface area (Å²) in [5.41, 5.74) is 2.88. The van der Waals surface area contributed by atoms with Crippen molar-refractivity contribution < 1.29 is 19.4 Å². The number of aromatic amines is 1. The fraction of sp³-hybridized carbons (Fsp3) is 0.143. The van der Waals surface area contributed by atoms with Crippen LogP contribution in [0.15, 0.2) is 78.5 Å². The summed E-state index contributed by atoms with van der Waals surface area (Å²) >= 11 is 12.3. The van der Waals surface area contributed by atoms with Crippen molar-refractivity contribution in [2.24, 2.45) is 0 Å². The molecule has 8 heteroatoms. The van der Waals surface area contributed by atoms with Crippen LogP contribution in [0.2, 0.25) is 10.0 Å². The van der Waals surface area contributed by atoms with Crippen molar-refractivity contribution in [3.8, 4) is 5.75 Å². The lowest BCUT2D eigenvalue weighted by atomic mass is 9.95. The van der Waals surface area contributed by atoms with Crippen molar-refractivity contribution in [2.75, 3.05) is 13.7 Å². The molecule has 2 heterocycles. The van der Waals surface area contributed by atoms with Gasteiger partial charge in [0.05, 0.1) is 23.7 Å². The van der Waals surface area contributed by atoms with E-state index >= 15 is 0 Å². The number of hydrogen-bond acceptors (Lipinski definition) is 4. The van der Waals surface area contributed by atoms with Crippen LogP contribution in [0.1, 0.15) is 22.7 Å². The molecule has 1 aromatic heterocycles. The molecule has 0 spiro atoms. The van der Waals surface area contributed by atoms with E-state index in [1.807, 2.05) is 54.7 Å². The second-order valence-electron chi connectivity index (χ2n) is 8.50. The topological polar surface area (TPSA) is 82.6 Å². The number of methoxy groups -OCH3 is 1. The van der Waals surface area contributed by atoms with E-state index in [0.29, 0.717) is 17.0 Å². The molecular weight excluding hydrogens is 499 g/mol. The molecule has 1 saturated heterocycles. The van der Waals surface area contributed by atoms with Crippen molar-refractivity contribution >= 4 is 51.6 Å². The Balaban J connectivity index is 1.56. The van der Waals surface area contributed by atoms with Gasteiger partial charge in [0, 0.05) is 34.2 Å². The molecule has 3 aromatic carbocycles. The first-order chi connectivity index (χ1) is 17.4. The van der Waals surface area contributed by atoms with Gasteiger partial charge < -0.3 is 19.7 Å². The maximum atomic E-state index is 13.2. The van der Waals surface area contributed by atoms with Crippen LogP contribution in [0.4, 0.5) is 0 Å². The standard InChI is InChI=1S/C28H22Cl2N2O4/c1-36-19-8-10-23-21(14-19)17(15-31-23)11-12-32-25(16-5-3-2-4-6-16)24(27(34)28(32)35)26(33)20-9-7-18(29)13-22(20)30/h2-10,13-15,25,31,33H,11-12H2,1H3/t25-/m0/s1. The molecule has 182 valence electrons. The number of nitrogens with one attached hydrogen (secondary N) is 1. The Morgan fingerprint density at radius 2 is 1.83 bits per heavy atom. The highest BCUT2D eigenvalue weighted by Crippen LogP contribution is 2.41. The number of ether oxygens (including phenoxy) is 1. The van der Waals surface area contributed by atoms with E-state index in [2.05, 4.69) is 4.98 Å². The molecule has 0 aliphatic carbocycles. The zero-order chi connectivity index (χ0) is 25.4. The Morgan fingerprint density at radius 3 is 2.56 bits per heavy atom. The van der Waals surface area contributed by atoms with E-state index < -0.39 is 17.7 Å². The average molecular weight is 521 g/mol. The van der Waals surface area contributed by atoms with Crippen LogP contribution < -0.4 is 4.74 Å². The normalized spacial score (nSPS) is 17.2. The highest BCUT2D eigenvalue weighted by atomic mass is 35.5. The fourth-order valence-electron chi connectivity index (χ4n) is 4.65. The molecule has 1 fully saturated rings. The SMILES string of the molecule is COc1ccc2[nH]cc(CCN3C(=O)C(=O)C(=C(O)c4ccc(Cl)cc4Cl)[C@@H]3c3ccccc3)c2c1. The summed E-state index contributed by atoms with van der Waals surface area (Å²) in [6, 6.07) is 18.7. The minimum atomic E-state index is -0.766. The van der Waals surface area contributed by atoms with Crippen molar-refractivity contribution in [1.82, 2.24) is 9.88 Å². The molecular formula is C28H22Cl2N2O4. The van der Waals surface area contributed by atoms with Crippen molar-refractivity contribution in [2.45, 2.75) is 12.5 Å². The second-order valence-corrected chi connectivity index (χ2v) is 9.35. The number of ketones is 1. The Labute approximate surface area is 217 Å². The summed E-state index contributed by atoms with van der Waals surface area (Å²) in [6.07, 6.45) is 2.39. The zero-order valence-corrected chi connectivity index (χ0v) is 20.8. The molecule has 36 heavy (non-hydrogen) atoms.